The molecule has 0 N–H and O–H groups in total. The lowest BCUT2D eigenvalue weighted by Crippen LogP contribution is -2.42. The highest BCUT2D eigenvalue weighted by atomic mass is 31.2. The van der Waals surface area contributed by atoms with E-state index in [4.69, 9.17) is 42.5 Å². The van der Waals surface area contributed by atoms with Crippen molar-refractivity contribution in [1.82, 2.24) is 24.2 Å². The maximum Gasteiger partial charge on any atom is 0.266 e. The molecule has 19 heteroatoms. The zero-order valence-electron chi connectivity index (χ0n) is 42.8. The molecule has 0 bridgehead atoms. The van der Waals surface area contributed by atoms with E-state index in [1.54, 1.807) is 50.2 Å². The molecule has 8 rings (SSSR count). The van der Waals surface area contributed by atoms with Gasteiger partial charge < -0.3 is 37.5 Å². The van der Waals surface area contributed by atoms with Crippen molar-refractivity contribution in [2.45, 2.75) is 82.9 Å². The average Bonchev–Trinajstić information content (AvgIpc) is 4.02. The molecule has 5 atom stereocenters. The van der Waals surface area contributed by atoms with Crippen LogP contribution in [0.5, 0.6) is 17.2 Å². The standard InChI is InChI=1S/C56H60F2N7O9P/c1-37(2)65(38(3)4)75(72-30-14-29-59)74-51-48(33-71-56(40-15-10-8-11-16-40,41-20-24-43(67-5)25-21-41)42-22-26-44(68-6)27-23-42)73-55(52(51)69-7)64-36-62-50-53(60-35-61-54(50)64)63(32-39-19-28-46(57)47(58)31-39)49(66)34-70-45-17-12-9-13-18-45/h8-13,15-28,31,35-38,48,51-52,55H,14,30,32-34H2,1-7H3/t48-,51?,52?,55-,75?/m1/s1. The van der Waals surface area contributed by atoms with Crippen LogP contribution in [0.3, 0.4) is 0 Å². The van der Waals surface area contributed by atoms with Gasteiger partial charge in [-0.05, 0) is 98.5 Å². The molecule has 1 saturated heterocycles. The summed E-state index contributed by atoms with van der Waals surface area (Å²) < 4.78 is 84.3. The lowest BCUT2D eigenvalue weighted by molar-refractivity contribution is -0.120. The van der Waals surface area contributed by atoms with E-state index < -0.39 is 62.8 Å². The van der Waals surface area contributed by atoms with Gasteiger partial charge in [-0.15, -0.1) is 0 Å². The third-order valence-corrected chi connectivity index (χ3v) is 14.8. The number of benzene rings is 5. The molecule has 0 radical (unpaired) electrons. The largest absolute Gasteiger partial charge is 0.497 e. The Morgan fingerprint density at radius 2 is 1.41 bits per heavy atom. The number of amides is 1. The number of nitrogens with zero attached hydrogens (tertiary/aromatic N) is 7. The van der Waals surface area contributed by atoms with Crippen molar-refractivity contribution < 1.29 is 51.0 Å². The predicted octanol–water partition coefficient (Wildman–Crippen LogP) is 10.3. The Kier molecular flexibility index (Phi) is 18.2. The molecule has 1 aliphatic heterocycles. The number of imidazole rings is 1. The van der Waals surface area contributed by atoms with Crippen molar-refractivity contribution in [3.05, 3.63) is 174 Å². The molecule has 75 heavy (non-hydrogen) atoms. The van der Waals surface area contributed by atoms with Crippen molar-refractivity contribution in [3.63, 3.8) is 0 Å². The monoisotopic (exact) mass is 1040 g/mol. The molecular formula is C56H60F2N7O9P. The Bertz CT molecular complexity index is 2950. The molecule has 1 amide bonds. The molecule has 7 aromatic rings. The second kappa shape index (κ2) is 25.1. The molecule has 3 heterocycles. The Morgan fingerprint density at radius 1 is 0.787 bits per heavy atom. The number of ether oxygens (including phenoxy) is 6. The molecule has 3 unspecified atom stereocenters. The van der Waals surface area contributed by atoms with Gasteiger partial charge in [0.15, 0.2) is 41.5 Å². The molecule has 16 nitrogen and oxygen atoms in total. The van der Waals surface area contributed by atoms with Gasteiger partial charge in [-0.25, -0.2) is 28.4 Å². The summed E-state index contributed by atoms with van der Waals surface area (Å²) in [5.41, 5.74) is 1.91. The quantitative estimate of drug-likeness (QED) is 0.0319. The van der Waals surface area contributed by atoms with E-state index in [9.17, 15) is 18.8 Å². The van der Waals surface area contributed by atoms with Crippen LogP contribution in [0, 0.1) is 23.0 Å². The number of carbonyl (C=O) groups is 1. The fourth-order valence-corrected chi connectivity index (χ4v) is 11.0. The number of hydrogen-bond acceptors (Lipinski definition) is 14. The summed E-state index contributed by atoms with van der Waals surface area (Å²) in [6, 6.07) is 39.6. The highest BCUT2D eigenvalue weighted by molar-refractivity contribution is 7.44. The molecule has 0 aliphatic carbocycles. The third-order valence-electron chi connectivity index (χ3n) is 12.7. The molecule has 1 aliphatic rings. The topological polar surface area (TPSA) is 165 Å². The van der Waals surface area contributed by atoms with Crippen molar-refractivity contribution in [3.8, 4) is 23.3 Å². The number of nitriles is 1. The summed E-state index contributed by atoms with van der Waals surface area (Å²) in [4.78, 5) is 29.5. The van der Waals surface area contributed by atoms with Crippen molar-refractivity contribution in [2.75, 3.05) is 46.0 Å². The fraction of sp³-hybridized carbons (Fsp3) is 0.339. The number of fused-ring (bicyclic) bond motifs is 1. The van der Waals surface area contributed by atoms with Crippen molar-refractivity contribution in [1.29, 1.82) is 5.26 Å². The van der Waals surface area contributed by atoms with Gasteiger partial charge in [0.05, 0.1) is 52.8 Å². The predicted molar refractivity (Wildman–Crippen MR) is 278 cm³/mol. The number of anilines is 1. The number of halogens is 2. The number of rotatable bonds is 24. The van der Waals surface area contributed by atoms with Crippen LogP contribution < -0.4 is 19.1 Å². The SMILES string of the molecule is COc1ccc(C(OC[C@H]2O[C@@H](n3cnc4c(N(Cc5ccc(F)c(F)c5)C(=O)COc5ccccc5)ncnc43)C(OC)C2OP(OCCC#N)N(C(C)C)C(C)C)(c2ccccc2)c2ccc(OC)cc2)cc1. The minimum atomic E-state index is -1.87. The molecule has 392 valence electrons. The number of methoxy groups -OCH3 is 3. The van der Waals surface area contributed by atoms with E-state index in [1.165, 1.54) is 23.6 Å². The van der Waals surface area contributed by atoms with Gasteiger partial charge >= 0.3 is 0 Å². The van der Waals surface area contributed by atoms with Gasteiger partial charge in [-0.1, -0.05) is 78.9 Å². The van der Waals surface area contributed by atoms with E-state index in [0.29, 0.717) is 17.2 Å². The zero-order valence-corrected chi connectivity index (χ0v) is 43.7. The first-order chi connectivity index (χ1) is 36.4. The Labute approximate surface area is 436 Å². The maximum absolute atomic E-state index is 14.7. The first-order valence-corrected chi connectivity index (χ1v) is 25.5. The van der Waals surface area contributed by atoms with E-state index in [2.05, 4.69) is 48.4 Å². The van der Waals surface area contributed by atoms with E-state index in [-0.39, 0.29) is 60.8 Å². The fourth-order valence-electron chi connectivity index (χ4n) is 9.19. The van der Waals surface area contributed by atoms with Crippen LogP contribution in [0.2, 0.25) is 0 Å². The smallest absolute Gasteiger partial charge is 0.266 e. The maximum atomic E-state index is 14.7. The Morgan fingerprint density at radius 3 is 2.00 bits per heavy atom. The summed E-state index contributed by atoms with van der Waals surface area (Å²) in [5, 5.41) is 9.59. The lowest BCUT2D eigenvalue weighted by Gasteiger charge is -2.39. The van der Waals surface area contributed by atoms with Gasteiger partial charge in [0.1, 0.15) is 47.5 Å². The van der Waals surface area contributed by atoms with Crippen LogP contribution >= 0.6 is 8.53 Å². The van der Waals surface area contributed by atoms with Crippen LogP contribution in [0.1, 0.15) is 62.6 Å². The van der Waals surface area contributed by atoms with E-state index >= 15 is 0 Å². The first-order valence-electron chi connectivity index (χ1n) is 24.4. The van der Waals surface area contributed by atoms with Crippen molar-refractivity contribution >= 4 is 31.4 Å². The van der Waals surface area contributed by atoms with E-state index in [1.807, 2.05) is 84.9 Å². The Balaban J connectivity index is 1.23. The van der Waals surface area contributed by atoms with Crippen LogP contribution in [0.15, 0.2) is 140 Å². The lowest BCUT2D eigenvalue weighted by atomic mass is 9.80. The molecular weight excluding hydrogens is 984 g/mol. The van der Waals surface area contributed by atoms with Crippen LogP contribution in [-0.4, -0.2) is 102 Å². The summed E-state index contributed by atoms with van der Waals surface area (Å²) >= 11 is 0. The van der Waals surface area contributed by atoms with E-state index in [0.717, 1.165) is 28.8 Å². The van der Waals surface area contributed by atoms with Gasteiger partial charge in [0, 0.05) is 19.2 Å². The van der Waals surface area contributed by atoms with Gasteiger partial charge in [-0.2, -0.15) is 5.26 Å². The Hall–Kier alpha value is -6.94. The number of aromatic nitrogens is 4. The summed E-state index contributed by atoms with van der Waals surface area (Å²) in [6.07, 6.45) is -0.713. The third kappa shape index (κ3) is 12.1. The van der Waals surface area contributed by atoms with Gasteiger partial charge in [0.2, 0.25) is 0 Å². The summed E-state index contributed by atoms with van der Waals surface area (Å²) in [5.74, 6) is -0.794. The normalized spacial score (nSPS) is 17.1. The molecule has 0 spiro atoms. The molecule has 2 aromatic heterocycles. The van der Waals surface area contributed by atoms with Crippen LogP contribution in [0.25, 0.3) is 11.2 Å². The highest BCUT2D eigenvalue weighted by Gasteiger charge is 2.51. The van der Waals surface area contributed by atoms with Gasteiger partial charge in [0.25, 0.3) is 14.4 Å². The van der Waals surface area contributed by atoms with Crippen LogP contribution in [0.4, 0.5) is 14.6 Å². The summed E-state index contributed by atoms with van der Waals surface area (Å²) in [7, 11) is 2.92. The number of carbonyl (C=O) groups excluding carboxylic acids is 1. The van der Waals surface area contributed by atoms with Crippen LogP contribution in [-0.2, 0) is 40.2 Å². The average molecular weight is 1040 g/mol. The minimum absolute atomic E-state index is 0.0363. The minimum Gasteiger partial charge on any atom is -0.497 e. The second-order valence-corrected chi connectivity index (χ2v) is 19.5. The first kappa shape index (κ1) is 54.3. The van der Waals surface area contributed by atoms with Gasteiger partial charge in [-0.3, -0.25) is 14.3 Å². The number of hydrogen-bond donors (Lipinski definition) is 0. The second-order valence-electron chi connectivity index (χ2n) is 18.0. The molecule has 5 aromatic carbocycles. The highest BCUT2D eigenvalue weighted by Crippen LogP contribution is 2.51. The molecule has 0 saturated carbocycles. The van der Waals surface area contributed by atoms with Crippen molar-refractivity contribution in [2.24, 2.45) is 0 Å². The zero-order chi connectivity index (χ0) is 53.1. The number of para-hydroxylation sites is 1. The molecule has 1 fully saturated rings. The summed E-state index contributed by atoms with van der Waals surface area (Å²) in [6.45, 7) is 7.61.